The molecular weight excluding hydrogens is 494 g/mol. The zero-order valence-corrected chi connectivity index (χ0v) is 20.2. The highest BCUT2D eigenvalue weighted by molar-refractivity contribution is 6.33. The summed E-state index contributed by atoms with van der Waals surface area (Å²) in [6.45, 7) is -0.0996. The van der Waals surface area contributed by atoms with E-state index in [4.69, 9.17) is 16.3 Å². The highest BCUT2D eigenvalue weighted by Crippen LogP contribution is 2.45. The van der Waals surface area contributed by atoms with Crippen molar-refractivity contribution in [2.75, 3.05) is 35.3 Å². The van der Waals surface area contributed by atoms with Gasteiger partial charge in [-0.25, -0.2) is 13.8 Å². The number of aromatic nitrogens is 3. The fourth-order valence-corrected chi connectivity index (χ4v) is 5.04. The molecule has 0 amide bonds. The Labute approximate surface area is 210 Å². The smallest absolute Gasteiger partial charge is 0.301 e. The molecule has 36 heavy (non-hydrogen) atoms. The van der Waals surface area contributed by atoms with Crippen molar-refractivity contribution in [3.8, 4) is 5.75 Å². The molecule has 2 aromatic heterocycles. The number of aryl methyl sites for hydroxylation is 1. The molecule has 190 valence electrons. The Morgan fingerprint density at radius 3 is 2.83 bits per heavy atom. The van der Waals surface area contributed by atoms with Crippen molar-refractivity contribution in [2.45, 2.75) is 37.3 Å². The van der Waals surface area contributed by atoms with Crippen molar-refractivity contribution >= 4 is 45.6 Å². The third-order valence-electron chi connectivity index (χ3n) is 7.22. The van der Waals surface area contributed by atoms with Gasteiger partial charge >= 0.3 is 5.92 Å². The number of ether oxygens (including phenoxy) is 1. The lowest BCUT2D eigenvalue weighted by molar-refractivity contribution is -0.0579. The average molecular weight is 519 g/mol. The average Bonchev–Trinajstić information content (AvgIpc) is 3.67. The van der Waals surface area contributed by atoms with Crippen LogP contribution in [0.15, 0.2) is 29.2 Å². The van der Waals surface area contributed by atoms with Gasteiger partial charge in [0.05, 0.1) is 36.1 Å². The number of alkyl halides is 2. The van der Waals surface area contributed by atoms with Crippen molar-refractivity contribution in [3.05, 3.63) is 39.8 Å². The van der Waals surface area contributed by atoms with E-state index in [-0.39, 0.29) is 30.0 Å². The minimum absolute atomic E-state index is 0.0131. The number of pyridine rings is 1. The number of aliphatic hydroxyl groups excluding tert-OH is 1. The Bertz CT molecular complexity index is 1410. The van der Waals surface area contributed by atoms with Gasteiger partial charge in [-0.2, -0.15) is 4.98 Å². The van der Waals surface area contributed by atoms with Gasteiger partial charge in [0, 0.05) is 24.7 Å². The molecule has 3 N–H and O–H groups in total. The molecule has 0 radical (unpaired) electrons. The molecule has 1 saturated heterocycles. The minimum Gasteiger partial charge on any atom is -0.480 e. The van der Waals surface area contributed by atoms with Crippen LogP contribution in [0.1, 0.15) is 19.3 Å². The van der Waals surface area contributed by atoms with Crippen molar-refractivity contribution in [2.24, 2.45) is 13.0 Å². The molecule has 2 aliphatic heterocycles. The van der Waals surface area contributed by atoms with Crippen molar-refractivity contribution < 1.29 is 18.6 Å². The number of benzene rings is 1. The summed E-state index contributed by atoms with van der Waals surface area (Å²) in [5, 5.41) is 16.5. The standard InChI is InChI=1S/C24H25ClF2N6O3/c1-32-17-5-4-13(29-21-16(25)9-28-23(31-21)33-7-6-14(33)10-34)8-15(17)18-19(22(32)35)36-11-24(26,27)20(30-18)12-2-3-12/h4-5,8-9,12,14,20,30,34H,2-3,6-7,10-11H2,1H3,(H,28,29,31). The maximum atomic E-state index is 14.9. The van der Waals surface area contributed by atoms with Gasteiger partial charge in [-0.05, 0) is 43.4 Å². The maximum Gasteiger partial charge on any atom is 0.301 e. The Kier molecular flexibility index (Phi) is 5.45. The summed E-state index contributed by atoms with van der Waals surface area (Å²) in [4.78, 5) is 23.7. The molecule has 1 aliphatic carbocycles. The third kappa shape index (κ3) is 3.81. The molecule has 2 atom stereocenters. The lowest BCUT2D eigenvalue weighted by atomic mass is 10.0. The van der Waals surface area contributed by atoms with E-state index in [1.807, 2.05) is 4.90 Å². The first-order valence-corrected chi connectivity index (χ1v) is 12.3. The Balaban J connectivity index is 1.40. The lowest BCUT2D eigenvalue weighted by Crippen LogP contribution is -2.50. The second kappa shape index (κ2) is 8.45. The largest absolute Gasteiger partial charge is 0.480 e. The number of hydrogen-bond donors (Lipinski definition) is 3. The lowest BCUT2D eigenvalue weighted by Gasteiger charge is -2.39. The summed E-state index contributed by atoms with van der Waals surface area (Å²) < 4.78 is 36.5. The number of aliphatic hydroxyl groups is 1. The van der Waals surface area contributed by atoms with E-state index in [1.54, 1.807) is 25.2 Å². The first kappa shape index (κ1) is 23.2. The molecule has 0 bridgehead atoms. The van der Waals surface area contributed by atoms with E-state index in [2.05, 4.69) is 20.6 Å². The molecular formula is C24H25ClF2N6O3. The van der Waals surface area contributed by atoms with Gasteiger partial charge in [0.25, 0.3) is 5.56 Å². The van der Waals surface area contributed by atoms with E-state index < -0.39 is 24.1 Å². The second-order valence-corrected chi connectivity index (χ2v) is 10.0. The van der Waals surface area contributed by atoms with Crippen LogP contribution in [0, 0.1) is 5.92 Å². The number of halogens is 3. The molecule has 1 aromatic carbocycles. The van der Waals surface area contributed by atoms with E-state index in [1.165, 1.54) is 10.8 Å². The zero-order valence-electron chi connectivity index (χ0n) is 19.5. The maximum absolute atomic E-state index is 14.9. The molecule has 3 aromatic rings. The van der Waals surface area contributed by atoms with E-state index in [0.29, 0.717) is 46.2 Å². The number of nitrogens with zero attached hydrogens (tertiary/aromatic N) is 4. The first-order valence-electron chi connectivity index (χ1n) is 11.9. The predicted molar refractivity (Wildman–Crippen MR) is 133 cm³/mol. The molecule has 2 unspecified atom stereocenters. The first-order chi connectivity index (χ1) is 17.3. The number of hydrogen-bond acceptors (Lipinski definition) is 8. The summed E-state index contributed by atoms with van der Waals surface area (Å²) >= 11 is 6.36. The summed E-state index contributed by atoms with van der Waals surface area (Å²) in [5.41, 5.74) is 0.958. The summed E-state index contributed by atoms with van der Waals surface area (Å²) in [6, 6.07) is 4.12. The minimum atomic E-state index is -3.11. The molecule has 12 heteroatoms. The fraction of sp³-hybridized carbons (Fsp3) is 0.458. The van der Waals surface area contributed by atoms with Crippen LogP contribution in [0.4, 0.5) is 31.9 Å². The molecule has 3 aliphatic rings. The van der Waals surface area contributed by atoms with Crippen LogP contribution in [0.2, 0.25) is 5.02 Å². The van der Waals surface area contributed by atoms with Crippen molar-refractivity contribution in [1.82, 2.24) is 14.5 Å². The highest BCUT2D eigenvalue weighted by Gasteiger charge is 2.51. The van der Waals surface area contributed by atoms with Gasteiger partial charge < -0.3 is 29.9 Å². The summed E-state index contributed by atoms with van der Waals surface area (Å²) in [5.74, 6) is -2.57. The Morgan fingerprint density at radius 1 is 1.33 bits per heavy atom. The monoisotopic (exact) mass is 518 g/mol. The van der Waals surface area contributed by atoms with Gasteiger partial charge in [0.15, 0.2) is 12.4 Å². The van der Waals surface area contributed by atoms with Crippen molar-refractivity contribution in [3.63, 3.8) is 0 Å². The van der Waals surface area contributed by atoms with Gasteiger partial charge in [0.2, 0.25) is 11.7 Å². The molecule has 4 heterocycles. The zero-order chi connectivity index (χ0) is 25.2. The quantitative estimate of drug-likeness (QED) is 0.471. The van der Waals surface area contributed by atoms with E-state index in [9.17, 15) is 18.7 Å². The van der Waals surface area contributed by atoms with Gasteiger partial charge in [0.1, 0.15) is 5.02 Å². The number of fused-ring (bicyclic) bond motifs is 3. The number of anilines is 4. The molecule has 6 rings (SSSR count). The Morgan fingerprint density at radius 2 is 2.14 bits per heavy atom. The summed E-state index contributed by atoms with van der Waals surface area (Å²) in [6.07, 6.45) is 3.77. The topological polar surface area (TPSA) is 105 Å². The molecule has 2 fully saturated rings. The van der Waals surface area contributed by atoms with Crippen LogP contribution < -0.4 is 25.8 Å². The van der Waals surface area contributed by atoms with E-state index in [0.717, 1.165) is 13.0 Å². The third-order valence-corrected chi connectivity index (χ3v) is 7.49. The second-order valence-electron chi connectivity index (χ2n) is 9.62. The molecule has 0 spiro atoms. The SMILES string of the molecule is Cn1c(=O)c2c(c3cc(Nc4nc(N5CCC5CO)ncc4Cl)ccc31)NC(C1CC1)C(F)(F)CO2. The highest BCUT2D eigenvalue weighted by atomic mass is 35.5. The van der Waals surface area contributed by atoms with Gasteiger partial charge in [-0.15, -0.1) is 0 Å². The van der Waals surface area contributed by atoms with Crippen LogP contribution in [0.5, 0.6) is 5.75 Å². The van der Waals surface area contributed by atoms with Crippen LogP contribution in [-0.2, 0) is 7.05 Å². The van der Waals surface area contributed by atoms with Crippen LogP contribution in [-0.4, -0.2) is 57.4 Å². The van der Waals surface area contributed by atoms with Crippen LogP contribution in [0.25, 0.3) is 10.9 Å². The normalized spacial score (nSPS) is 22.8. The Hall–Kier alpha value is -3.18. The van der Waals surface area contributed by atoms with E-state index >= 15 is 0 Å². The molecule has 9 nitrogen and oxygen atoms in total. The molecule has 1 saturated carbocycles. The van der Waals surface area contributed by atoms with Crippen LogP contribution >= 0.6 is 11.6 Å². The fourth-order valence-electron chi connectivity index (χ4n) is 4.90. The number of rotatable bonds is 5. The van der Waals surface area contributed by atoms with Gasteiger partial charge in [-0.1, -0.05) is 11.6 Å². The van der Waals surface area contributed by atoms with Gasteiger partial charge in [-0.3, -0.25) is 4.79 Å². The number of nitrogens with one attached hydrogen (secondary N) is 2. The predicted octanol–water partition coefficient (Wildman–Crippen LogP) is 3.51. The summed E-state index contributed by atoms with van der Waals surface area (Å²) in [7, 11) is 1.58. The van der Waals surface area contributed by atoms with Crippen LogP contribution in [0.3, 0.4) is 0 Å². The van der Waals surface area contributed by atoms with Crippen molar-refractivity contribution in [1.29, 1.82) is 0 Å².